The third kappa shape index (κ3) is 3.96. The molecule has 0 bridgehead atoms. The Morgan fingerprint density at radius 3 is 2.84 bits per heavy atom. The molecule has 3 N–H and O–H groups in total. The number of rotatable bonds is 2. The molecule has 0 saturated carbocycles. The van der Waals surface area contributed by atoms with E-state index < -0.39 is 0 Å². The quantitative estimate of drug-likeness (QED) is 0.658. The maximum Gasteiger partial charge on any atom is 0.189 e. The minimum atomic E-state index is -0.0860. The first-order valence-corrected chi connectivity index (χ1v) is 6.84. The SMILES string of the molecule is CC(C)(C)NC(N)=NCc1cn2cc(Br)ccc2n1. The monoisotopic (exact) mass is 323 g/mol. The van der Waals surface area contributed by atoms with Crippen LogP contribution >= 0.6 is 15.9 Å². The summed E-state index contributed by atoms with van der Waals surface area (Å²) in [6, 6.07) is 3.92. The van der Waals surface area contributed by atoms with E-state index in [1.807, 2.05) is 49.7 Å². The number of aliphatic imine (C=N–C) groups is 1. The molecule has 2 heterocycles. The van der Waals surface area contributed by atoms with E-state index in [1.54, 1.807) is 0 Å². The van der Waals surface area contributed by atoms with Crippen LogP contribution in [-0.4, -0.2) is 20.9 Å². The second-order valence-electron chi connectivity index (χ2n) is 5.42. The highest BCUT2D eigenvalue weighted by atomic mass is 79.9. The number of nitrogens with one attached hydrogen (secondary N) is 1. The highest BCUT2D eigenvalue weighted by molar-refractivity contribution is 9.10. The number of hydrogen-bond donors (Lipinski definition) is 2. The Kier molecular flexibility index (Phi) is 3.80. The number of guanidine groups is 1. The van der Waals surface area contributed by atoms with Crippen LogP contribution < -0.4 is 11.1 Å². The Bertz CT molecular complexity index is 609. The molecular formula is C13H18BrN5. The fourth-order valence-corrected chi connectivity index (χ4v) is 2.04. The number of pyridine rings is 1. The maximum atomic E-state index is 5.82. The maximum absolute atomic E-state index is 5.82. The molecule has 19 heavy (non-hydrogen) atoms. The first-order chi connectivity index (χ1) is 8.83. The molecule has 0 unspecified atom stereocenters. The van der Waals surface area contributed by atoms with Crippen LogP contribution in [0.4, 0.5) is 0 Å². The second-order valence-corrected chi connectivity index (χ2v) is 6.34. The molecule has 0 aromatic carbocycles. The van der Waals surface area contributed by atoms with Crippen LogP contribution in [0.1, 0.15) is 26.5 Å². The van der Waals surface area contributed by atoms with Crippen LogP contribution in [0, 0.1) is 0 Å². The van der Waals surface area contributed by atoms with E-state index in [0.29, 0.717) is 12.5 Å². The van der Waals surface area contributed by atoms with E-state index in [-0.39, 0.29) is 5.54 Å². The number of aromatic nitrogens is 2. The Labute approximate surface area is 121 Å². The summed E-state index contributed by atoms with van der Waals surface area (Å²) in [6.45, 7) is 6.58. The van der Waals surface area contributed by atoms with Gasteiger partial charge >= 0.3 is 0 Å². The first-order valence-electron chi connectivity index (χ1n) is 6.05. The van der Waals surface area contributed by atoms with Crippen molar-refractivity contribution in [3.63, 3.8) is 0 Å². The van der Waals surface area contributed by atoms with Gasteiger partial charge in [0.2, 0.25) is 0 Å². The first kappa shape index (κ1) is 13.9. The molecule has 0 amide bonds. The lowest BCUT2D eigenvalue weighted by Gasteiger charge is -2.20. The topological polar surface area (TPSA) is 67.7 Å². The zero-order chi connectivity index (χ0) is 14.0. The third-order valence-corrected chi connectivity index (χ3v) is 2.85. The molecule has 0 atom stereocenters. The van der Waals surface area contributed by atoms with E-state index >= 15 is 0 Å². The minimum Gasteiger partial charge on any atom is -0.370 e. The van der Waals surface area contributed by atoms with E-state index in [1.165, 1.54) is 0 Å². The van der Waals surface area contributed by atoms with E-state index in [9.17, 15) is 0 Å². The molecule has 2 rings (SSSR count). The van der Waals surface area contributed by atoms with Gasteiger partial charge in [-0.15, -0.1) is 0 Å². The molecule has 2 aromatic heterocycles. The van der Waals surface area contributed by atoms with E-state index in [4.69, 9.17) is 5.73 Å². The molecule has 0 aliphatic heterocycles. The lowest BCUT2D eigenvalue weighted by Crippen LogP contribution is -2.44. The number of fused-ring (bicyclic) bond motifs is 1. The predicted molar refractivity (Wildman–Crippen MR) is 81.1 cm³/mol. The van der Waals surface area contributed by atoms with Crippen LogP contribution in [0.3, 0.4) is 0 Å². The van der Waals surface area contributed by atoms with Gasteiger partial charge in [0.25, 0.3) is 0 Å². The molecule has 102 valence electrons. The van der Waals surface area contributed by atoms with Gasteiger partial charge < -0.3 is 15.5 Å². The number of halogens is 1. The van der Waals surface area contributed by atoms with Crippen molar-refractivity contribution in [1.82, 2.24) is 14.7 Å². The van der Waals surface area contributed by atoms with Crippen LogP contribution in [0.2, 0.25) is 0 Å². The minimum absolute atomic E-state index is 0.0860. The zero-order valence-corrected chi connectivity index (χ0v) is 12.9. The van der Waals surface area contributed by atoms with Crippen molar-refractivity contribution >= 4 is 27.5 Å². The Morgan fingerprint density at radius 2 is 2.16 bits per heavy atom. The van der Waals surface area contributed by atoms with Crippen molar-refractivity contribution in [2.75, 3.05) is 0 Å². The summed E-state index contributed by atoms with van der Waals surface area (Å²) in [6.07, 6.45) is 3.92. The summed E-state index contributed by atoms with van der Waals surface area (Å²) in [7, 11) is 0. The van der Waals surface area contributed by atoms with Gasteiger partial charge in [0.05, 0.1) is 12.2 Å². The van der Waals surface area contributed by atoms with Crippen LogP contribution in [-0.2, 0) is 6.54 Å². The van der Waals surface area contributed by atoms with Crippen molar-refractivity contribution in [1.29, 1.82) is 0 Å². The highest BCUT2D eigenvalue weighted by Gasteiger charge is 2.09. The van der Waals surface area contributed by atoms with Gasteiger partial charge in [0.1, 0.15) is 5.65 Å². The number of nitrogens with zero attached hydrogens (tertiary/aromatic N) is 3. The molecule has 6 heteroatoms. The Morgan fingerprint density at radius 1 is 1.42 bits per heavy atom. The van der Waals surface area contributed by atoms with Crippen molar-refractivity contribution in [3.05, 3.63) is 34.7 Å². The lowest BCUT2D eigenvalue weighted by atomic mass is 10.1. The van der Waals surface area contributed by atoms with Gasteiger partial charge in [-0.25, -0.2) is 9.98 Å². The van der Waals surface area contributed by atoms with Crippen LogP contribution in [0.5, 0.6) is 0 Å². The third-order valence-electron chi connectivity index (χ3n) is 2.38. The van der Waals surface area contributed by atoms with Crippen molar-refractivity contribution < 1.29 is 0 Å². The highest BCUT2D eigenvalue weighted by Crippen LogP contribution is 2.12. The second kappa shape index (κ2) is 5.21. The van der Waals surface area contributed by atoms with Gasteiger partial charge in [0.15, 0.2) is 5.96 Å². The Hall–Kier alpha value is -1.56. The molecule has 0 aliphatic rings. The average Bonchev–Trinajstić information content (AvgIpc) is 2.66. The smallest absolute Gasteiger partial charge is 0.189 e. The van der Waals surface area contributed by atoms with Crippen LogP contribution in [0.15, 0.2) is 34.0 Å². The molecule has 5 nitrogen and oxygen atoms in total. The van der Waals surface area contributed by atoms with Gasteiger partial charge in [-0.3, -0.25) is 0 Å². The summed E-state index contributed by atoms with van der Waals surface area (Å²) >= 11 is 3.43. The fraction of sp³-hybridized carbons (Fsp3) is 0.385. The van der Waals surface area contributed by atoms with Crippen molar-refractivity contribution in [2.45, 2.75) is 32.9 Å². The van der Waals surface area contributed by atoms with E-state index in [2.05, 4.69) is 31.2 Å². The molecular weight excluding hydrogens is 306 g/mol. The largest absolute Gasteiger partial charge is 0.370 e. The van der Waals surface area contributed by atoms with Gasteiger partial charge in [0, 0.05) is 22.4 Å². The summed E-state index contributed by atoms with van der Waals surface area (Å²) in [5.41, 5.74) is 7.52. The summed E-state index contributed by atoms with van der Waals surface area (Å²) in [5.74, 6) is 0.436. The lowest BCUT2D eigenvalue weighted by molar-refractivity contribution is 0.508. The van der Waals surface area contributed by atoms with Crippen molar-refractivity contribution in [3.8, 4) is 0 Å². The fourth-order valence-electron chi connectivity index (χ4n) is 1.68. The molecule has 2 aromatic rings. The number of imidazole rings is 1. The Balaban J connectivity index is 2.11. The summed E-state index contributed by atoms with van der Waals surface area (Å²) in [5, 5.41) is 3.12. The predicted octanol–water partition coefficient (Wildman–Crippen LogP) is 2.30. The standard InChI is InChI=1S/C13H18BrN5/c1-13(2,3)18-12(15)16-6-10-8-19-7-9(14)4-5-11(19)17-10/h4-5,7-8H,6H2,1-3H3,(H3,15,16,18). The van der Waals surface area contributed by atoms with Crippen molar-refractivity contribution in [2.24, 2.45) is 10.7 Å². The average molecular weight is 324 g/mol. The van der Waals surface area contributed by atoms with Gasteiger partial charge in [-0.1, -0.05) is 0 Å². The van der Waals surface area contributed by atoms with E-state index in [0.717, 1.165) is 15.8 Å². The molecule has 0 saturated heterocycles. The molecule has 0 aliphatic carbocycles. The number of hydrogen-bond acceptors (Lipinski definition) is 2. The van der Waals surface area contributed by atoms with Gasteiger partial charge in [-0.05, 0) is 48.8 Å². The normalized spacial score (nSPS) is 12.9. The molecule has 0 radical (unpaired) electrons. The molecule has 0 fully saturated rings. The number of nitrogens with two attached hydrogens (primary N) is 1. The molecule has 0 spiro atoms. The summed E-state index contributed by atoms with van der Waals surface area (Å²) < 4.78 is 2.98. The van der Waals surface area contributed by atoms with Gasteiger partial charge in [-0.2, -0.15) is 0 Å². The summed E-state index contributed by atoms with van der Waals surface area (Å²) in [4.78, 5) is 8.77. The zero-order valence-electron chi connectivity index (χ0n) is 11.3. The van der Waals surface area contributed by atoms with Crippen LogP contribution in [0.25, 0.3) is 5.65 Å².